The summed E-state index contributed by atoms with van der Waals surface area (Å²) >= 11 is 6.52. The van der Waals surface area contributed by atoms with Gasteiger partial charge in [0, 0.05) is 47.8 Å². The summed E-state index contributed by atoms with van der Waals surface area (Å²) in [6, 6.07) is 11.4. The van der Waals surface area contributed by atoms with Gasteiger partial charge in [0.2, 0.25) is 0 Å². The Morgan fingerprint density at radius 1 is 1.11 bits per heavy atom. The van der Waals surface area contributed by atoms with Crippen LogP contribution in [0.25, 0.3) is 22.0 Å². The molecular weight excluding hydrogens is 504 g/mol. The highest BCUT2D eigenvalue weighted by molar-refractivity contribution is 6.32. The summed E-state index contributed by atoms with van der Waals surface area (Å²) in [4.78, 5) is 9.08. The molecule has 1 aliphatic rings. The van der Waals surface area contributed by atoms with Gasteiger partial charge in [-0.05, 0) is 62.3 Å². The van der Waals surface area contributed by atoms with Crippen molar-refractivity contribution in [2.75, 3.05) is 18.4 Å². The summed E-state index contributed by atoms with van der Waals surface area (Å²) in [5.74, 6) is 2.01. The quantitative estimate of drug-likeness (QED) is 0.295. The molecule has 10 nitrogen and oxygen atoms in total. The normalized spacial score (nSPS) is 14.1. The van der Waals surface area contributed by atoms with E-state index in [0.717, 1.165) is 59.4 Å². The van der Waals surface area contributed by atoms with Gasteiger partial charge < -0.3 is 20.1 Å². The number of fused-ring (bicyclic) bond motifs is 1. The van der Waals surface area contributed by atoms with Crippen LogP contribution in [0, 0.1) is 0 Å². The summed E-state index contributed by atoms with van der Waals surface area (Å²) < 4.78 is 15.8. The number of benzene rings is 2. The number of aromatic nitrogens is 6. The van der Waals surface area contributed by atoms with E-state index in [1.165, 1.54) is 0 Å². The Labute approximate surface area is 224 Å². The lowest BCUT2D eigenvalue weighted by molar-refractivity contribution is 0.163. The monoisotopic (exact) mass is 530 g/mol. The molecule has 194 valence electrons. The van der Waals surface area contributed by atoms with Gasteiger partial charge >= 0.3 is 0 Å². The van der Waals surface area contributed by atoms with Gasteiger partial charge in [-0.25, -0.2) is 14.6 Å². The van der Waals surface area contributed by atoms with Gasteiger partial charge in [0.1, 0.15) is 29.7 Å². The first-order valence-corrected chi connectivity index (χ1v) is 12.8. The van der Waals surface area contributed by atoms with Crippen molar-refractivity contribution in [1.82, 2.24) is 34.8 Å². The standard InChI is InChI=1S/C27H27ClN8O2/c1-35-15-18(14-33-35)21-12-24-22(13-26(21)38-20-5-8-29-9-6-20)27(31-16-30-24)34-19-3-4-25(23(28)11-19)37-17-36-10-2-7-32-36/h2-4,7,10-16,20,29H,5-6,8-9,17H2,1H3,(H,30,31,34). The molecule has 0 radical (unpaired) electrons. The van der Waals surface area contributed by atoms with Crippen LogP contribution in [0.3, 0.4) is 0 Å². The first kappa shape index (κ1) is 24.2. The molecule has 3 aromatic heterocycles. The van der Waals surface area contributed by atoms with Crippen LogP contribution < -0.4 is 20.1 Å². The van der Waals surface area contributed by atoms with Crippen molar-refractivity contribution in [2.45, 2.75) is 25.7 Å². The predicted molar refractivity (Wildman–Crippen MR) is 146 cm³/mol. The summed E-state index contributed by atoms with van der Waals surface area (Å²) in [5.41, 5.74) is 3.50. The maximum atomic E-state index is 6.55. The van der Waals surface area contributed by atoms with Crippen LogP contribution in [0.15, 0.2) is 67.5 Å². The lowest BCUT2D eigenvalue weighted by Gasteiger charge is -2.25. The van der Waals surface area contributed by atoms with Gasteiger partial charge in [-0.15, -0.1) is 0 Å². The molecule has 1 fully saturated rings. The third-order valence-electron chi connectivity index (χ3n) is 6.44. The maximum Gasteiger partial charge on any atom is 0.180 e. The van der Waals surface area contributed by atoms with E-state index in [1.54, 1.807) is 21.9 Å². The molecule has 0 spiro atoms. The molecule has 0 atom stereocenters. The molecule has 1 saturated heterocycles. The van der Waals surface area contributed by atoms with E-state index in [9.17, 15) is 0 Å². The zero-order chi connectivity index (χ0) is 25.9. The van der Waals surface area contributed by atoms with E-state index in [4.69, 9.17) is 21.1 Å². The molecule has 11 heteroatoms. The van der Waals surface area contributed by atoms with Gasteiger partial charge in [0.15, 0.2) is 6.73 Å². The van der Waals surface area contributed by atoms with Gasteiger partial charge in [-0.1, -0.05) is 11.6 Å². The number of hydrogen-bond acceptors (Lipinski definition) is 8. The molecule has 1 aliphatic heterocycles. The van der Waals surface area contributed by atoms with Crippen molar-refractivity contribution >= 4 is 34.0 Å². The fraction of sp³-hybridized carbons (Fsp3) is 0.259. The second-order valence-electron chi connectivity index (χ2n) is 9.15. The lowest BCUT2D eigenvalue weighted by atomic mass is 10.0. The number of aryl methyl sites for hydroxylation is 1. The smallest absolute Gasteiger partial charge is 0.180 e. The van der Waals surface area contributed by atoms with E-state index in [0.29, 0.717) is 16.6 Å². The van der Waals surface area contributed by atoms with Gasteiger partial charge in [0.05, 0.1) is 16.7 Å². The molecule has 0 unspecified atom stereocenters. The Kier molecular flexibility index (Phi) is 6.80. The topological polar surface area (TPSA) is 104 Å². The minimum atomic E-state index is 0.137. The Morgan fingerprint density at radius 3 is 2.76 bits per heavy atom. The number of anilines is 2. The fourth-order valence-corrected chi connectivity index (χ4v) is 4.74. The number of halogens is 1. The molecule has 0 saturated carbocycles. The lowest BCUT2D eigenvalue weighted by Crippen LogP contribution is -2.34. The first-order valence-electron chi connectivity index (χ1n) is 12.4. The molecule has 38 heavy (non-hydrogen) atoms. The van der Waals surface area contributed by atoms with Gasteiger partial charge in [0.25, 0.3) is 0 Å². The van der Waals surface area contributed by atoms with E-state index in [-0.39, 0.29) is 12.8 Å². The van der Waals surface area contributed by atoms with Crippen LogP contribution >= 0.6 is 11.6 Å². The van der Waals surface area contributed by atoms with Crippen molar-refractivity contribution in [1.29, 1.82) is 0 Å². The Hall–Kier alpha value is -4.15. The fourth-order valence-electron chi connectivity index (χ4n) is 4.50. The predicted octanol–water partition coefficient (Wildman–Crippen LogP) is 4.79. The third-order valence-corrected chi connectivity index (χ3v) is 6.73. The summed E-state index contributed by atoms with van der Waals surface area (Å²) in [7, 11) is 1.90. The number of nitrogens with zero attached hydrogens (tertiary/aromatic N) is 6. The number of nitrogens with one attached hydrogen (secondary N) is 2. The summed E-state index contributed by atoms with van der Waals surface area (Å²) in [6.45, 7) is 2.16. The molecular formula is C27H27ClN8O2. The molecule has 2 aromatic carbocycles. The highest BCUT2D eigenvalue weighted by Crippen LogP contribution is 2.38. The average molecular weight is 531 g/mol. The van der Waals surface area contributed by atoms with Crippen molar-refractivity contribution < 1.29 is 9.47 Å². The Bertz CT molecular complexity index is 1550. The van der Waals surface area contributed by atoms with Gasteiger partial charge in [-0.3, -0.25) is 4.68 Å². The highest BCUT2D eigenvalue weighted by Gasteiger charge is 2.20. The summed E-state index contributed by atoms with van der Waals surface area (Å²) in [5, 5.41) is 16.6. The van der Waals surface area contributed by atoms with Crippen molar-refractivity contribution in [3.63, 3.8) is 0 Å². The number of ether oxygens (including phenoxy) is 2. The van der Waals surface area contributed by atoms with Gasteiger partial charge in [-0.2, -0.15) is 10.2 Å². The zero-order valence-electron chi connectivity index (χ0n) is 20.8. The van der Waals surface area contributed by atoms with E-state index in [1.807, 2.05) is 62.0 Å². The second kappa shape index (κ2) is 10.7. The molecule has 0 bridgehead atoms. The minimum absolute atomic E-state index is 0.137. The second-order valence-corrected chi connectivity index (χ2v) is 9.55. The highest BCUT2D eigenvalue weighted by atomic mass is 35.5. The largest absolute Gasteiger partial charge is 0.490 e. The third kappa shape index (κ3) is 5.27. The number of piperidine rings is 1. The van der Waals surface area contributed by atoms with Crippen LogP contribution in [0.4, 0.5) is 11.5 Å². The van der Waals surface area contributed by atoms with E-state index < -0.39 is 0 Å². The number of rotatable bonds is 8. The van der Waals surface area contributed by atoms with Crippen LogP contribution in [0.2, 0.25) is 5.02 Å². The maximum absolute atomic E-state index is 6.55. The van der Waals surface area contributed by atoms with Crippen LogP contribution in [0.5, 0.6) is 11.5 Å². The van der Waals surface area contributed by atoms with E-state index >= 15 is 0 Å². The molecule has 2 N–H and O–H groups in total. The molecule has 4 heterocycles. The molecule has 6 rings (SSSR count). The van der Waals surface area contributed by atoms with Crippen LogP contribution in [-0.4, -0.2) is 48.7 Å². The van der Waals surface area contributed by atoms with Crippen molar-refractivity contribution in [2.24, 2.45) is 7.05 Å². The van der Waals surface area contributed by atoms with Crippen molar-refractivity contribution in [3.05, 3.63) is 72.5 Å². The summed E-state index contributed by atoms with van der Waals surface area (Å²) in [6.07, 6.45) is 10.9. The minimum Gasteiger partial charge on any atom is -0.490 e. The molecule has 0 amide bonds. The van der Waals surface area contributed by atoms with E-state index in [2.05, 4.69) is 30.8 Å². The SMILES string of the molecule is Cn1cc(-c2cc3ncnc(Nc4ccc(OCn5cccn5)c(Cl)c4)c3cc2OC2CCNCC2)cn1. The Balaban J connectivity index is 1.31. The molecule has 0 aliphatic carbocycles. The average Bonchev–Trinajstić information content (AvgIpc) is 3.61. The van der Waals surface area contributed by atoms with Crippen LogP contribution in [0.1, 0.15) is 12.8 Å². The molecule has 5 aromatic rings. The first-order chi connectivity index (χ1) is 18.6. The number of hydrogen-bond donors (Lipinski definition) is 2. The van der Waals surface area contributed by atoms with Crippen LogP contribution in [-0.2, 0) is 13.8 Å². The zero-order valence-corrected chi connectivity index (χ0v) is 21.6. The van der Waals surface area contributed by atoms with Crippen molar-refractivity contribution in [3.8, 4) is 22.6 Å². The Morgan fingerprint density at radius 2 is 2.00 bits per heavy atom.